The molecule has 0 aliphatic carbocycles. The molecule has 566 valence electrons. The zero-order valence-corrected chi connectivity index (χ0v) is 62.2. The van der Waals surface area contributed by atoms with Crippen LogP contribution in [0.4, 0.5) is 0 Å². The molecule has 0 aromatic rings. The molecular formula is C81H159NO13. The van der Waals surface area contributed by atoms with E-state index in [1.807, 2.05) is 0 Å². The highest BCUT2D eigenvalue weighted by atomic mass is 16.7. The lowest BCUT2D eigenvalue weighted by Crippen LogP contribution is -2.65. The Labute approximate surface area is 584 Å². The summed E-state index contributed by atoms with van der Waals surface area (Å²) in [5, 5.41) is 87.9. The van der Waals surface area contributed by atoms with E-state index < -0.39 is 86.8 Å². The SMILES string of the molecule is CCCCCCCCCCCCCCCCCCCCCCCCCCCCCCCCCC(O)C(COC1OC(CO)C(OC2OC(CO)C(O)C(O)C2O)C(O)C1O)NC(=O)CCCCCCCCCCCCCCCCCCCCCCCCCCCCCCCC. The molecule has 14 heteroatoms. The Morgan fingerprint density at radius 2 is 0.600 bits per heavy atom. The van der Waals surface area contributed by atoms with Gasteiger partial charge in [0.25, 0.3) is 0 Å². The van der Waals surface area contributed by atoms with Crippen molar-refractivity contribution in [2.24, 2.45) is 0 Å². The van der Waals surface area contributed by atoms with Crippen LogP contribution in [-0.4, -0.2) is 140 Å². The molecule has 2 aliphatic heterocycles. The summed E-state index contributed by atoms with van der Waals surface area (Å²) in [5.41, 5.74) is 0. The first kappa shape index (κ1) is 90.1. The van der Waals surface area contributed by atoms with E-state index in [9.17, 15) is 45.6 Å². The molecule has 0 bridgehead atoms. The number of aliphatic hydroxyl groups excluding tert-OH is 8. The molecule has 2 fully saturated rings. The van der Waals surface area contributed by atoms with Gasteiger partial charge < -0.3 is 65.1 Å². The third kappa shape index (κ3) is 49.3. The summed E-state index contributed by atoms with van der Waals surface area (Å²) in [7, 11) is 0. The van der Waals surface area contributed by atoms with Crippen molar-refractivity contribution in [3.8, 4) is 0 Å². The molecule has 2 heterocycles. The van der Waals surface area contributed by atoms with Gasteiger partial charge in [-0.25, -0.2) is 0 Å². The van der Waals surface area contributed by atoms with Gasteiger partial charge in [-0.2, -0.15) is 0 Å². The summed E-state index contributed by atoms with van der Waals surface area (Å²) in [4.78, 5) is 13.4. The maximum atomic E-state index is 13.4. The average Bonchev–Trinajstić information content (AvgIpc) is 0.801. The quantitative estimate of drug-likeness (QED) is 0.0259. The Kier molecular flexibility index (Phi) is 62.8. The highest BCUT2D eigenvalue weighted by molar-refractivity contribution is 5.76. The predicted octanol–water partition coefficient (Wildman–Crippen LogP) is 19.1. The minimum atomic E-state index is -1.78. The van der Waals surface area contributed by atoms with Gasteiger partial charge in [-0.15, -0.1) is 0 Å². The first-order valence-electron chi connectivity index (χ1n) is 41.8. The van der Waals surface area contributed by atoms with Crippen molar-refractivity contribution in [1.82, 2.24) is 5.32 Å². The fourth-order valence-electron chi connectivity index (χ4n) is 14.5. The van der Waals surface area contributed by atoms with Crippen molar-refractivity contribution in [3.63, 3.8) is 0 Å². The fourth-order valence-corrected chi connectivity index (χ4v) is 14.5. The number of amides is 1. The monoisotopic (exact) mass is 1350 g/mol. The molecule has 14 nitrogen and oxygen atoms in total. The number of unbranched alkanes of at least 4 members (excludes halogenated alkanes) is 59. The highest BCUT2D eigenvalue weighted by Gasteiger charge is 2.51. The van der Waals surface area contributed by atoms with Gasteiger partial charge in [0.15, 0.2) is 12.6 Å². The fraction of sp³-hybridized carbons (Fsp3) is 0.988. The molecule has 1 amide bonds. The molecule has 0 aromatic heterocycles. The van der Waals surface area contributed by atoms with Crippen LogP contribution in [0.2, 0.25) is 0 Å². The van der Waals surface area contributed by atoms with Crippen molar-refractivity contribution < 1.29 is 64.6 Å². The lowest BCUT2D eigenvalue weighted by atomic mass is 9.97. The van der Waals surface area contributed by atoms with Crippen LogP contribution in [-0.2, 0) is 23.7 Å². The summed E-state index contributed by atoms with van der Waals surface area (Å²) in [6.45, 7) is 2.95. The van der Waals surface area contributed by atoms with E-state index in [-0.39, 0.29) is 12.5 Å². The molecule has 2 saturated heterocycles. The number of nitrogens with one attached hydrogen (secondary N) is 1. The van der Waals surface area contributed by atoms with Crippen LogP contribution in [0.1, 0.15) is 418 Å². The van der Waals surface area contributed by atoms with E-state index in [0.717, 1.165) is 51.4 Å². The van der Waals surface area contributed by atoms with Crippen LogP contribution in [0, 0.1) is 0 Å². The molecule has 12 unspecified atom stereocenters. The highest BCUT2D eigenvalue weighted by Crippen LogP contribution is 2.31. The molecule has 2 aliphatic rings. The minimum Gasteiger partial charge on any atom is -0.394 e. The van der Waals surface area contributed by atoms with Crippen LogP contribution < -0.4 is 5.32 Å². The van der Waals surface area contributed by atoms with E-state index in [2.05, 4.69) is 19.2 Å². The lowest BCUT2D eigenvalue weighted by molar-refractivity contribution is -0.359. The Morgan fingerprint density at radius 3 is 0.895 bits per heavy atom. The molecule has 0 radical (unpaired) electrons. The maximum absolute atomic E-state index is 13.4. The van der Waals surface area contributed by atoms with Crippen LogP contribution in [0.25, 0.3) is 0 Å². The van der Waals surface area contributed by atoms with E-state index in [4.69, 9.17) is 18.9 Å². The molecule has 0 aromatic carbocycles. The van der Waals surface area contributed by atoms with Crippen molar-refractivity contribution in [2.45, 2.75) is 492 Å². The van der Waals surface area contributed by atoms with Crippen LogP contribution >= 0.6 is 0 Å². The summed E-state index contributed by atoms with van der Waals surface area (Å²) < 4.78 is 23.0. The third-order valence-corrected chi connectivity index (χ3v) is 21.1. The Morgan fingerprint density at radius 1 is 0.337 bits per heavy atom. The van der Waals surface area contributed by atoms with Crippen molar-refractivity contribution in [1.29, 1.82) is 0 Å². The summed E-state index contributed by atoms with van der Waals surface area (Å²) >= 11 is 0. The summed E-state index contributed by atoms with van der Waals surface area (Å²) in [6, 6.07) is -0.826. The molecule has 95 heavy (non-hydrogen) atoms. The largest absolute Gasteiger partial charge is 0.394 e. The molecule has 12 atom stereocenters. The molecule has 0 spiro atoms. The number of carbonyl (C=O) groups excluding carboxylic acids is 1. The van der Waals surface area contributed by atoms with Gasteiger partial charge in [-0.3, -0.25) is 4.79 Å². The molecular weight excluding hydrogens is 1190 g/mol. The van der Waals surface area contributed by atoms with Gasteiger partial charge in [-0.05, 0) is 12.8 Å². The number of rotatable bonds is 72. The van der Waals surface area contributed by atoms with E-state index in [1.165, 1.54) is 340 Å². The smallest absolute Gasteiger partial charge is 0.220 e. The van der Waals surface area contributed by atoms with Gasteiger partial charge in [0.2, 0.25) is 5.91 Å². The van der Waals surface area contributed by atoms with E-state index >= 15 is 0 Å². The van der Waals surface area contributed by atoms with Crippen LogP contribution in [0.3, 0.4) is 0 Å². The zero-order chi connectivity index (χ0) is 68.7. The first-order chi connectivity index (χ1) is 46.6. The first-order valence-corrected chi connectivity index (χ1v) is 41.8. The number of ether oxygens (including phenoxy) is 4. The number of carbonyl (C=O) groups is 1. The standard InChI is InChI=1S/C81H159NO13/c1-3-5-7-9-11-13-15-17-19-21-23-25-27-29-31-33-35-36-38-40-42-44-46-48-50-52-54-56-58-60-62-64-70(85)69(68-92-80-78(91)76(89)79(72(67-84)94-80)95-81-77(90)75(88)74(87)71(66-83)93-81)82-73(86)65-63-61-59-57-55-53-51-49-47-45-43-41-39-37-34-32-30-28-26-24-22-20-18-16-14-12-10-8-6-4-2/h69-72,74-81,83-85,87-91H,3-68H2,1-2H3,(H,82,86). The molecule has 2 rings (SSSR count). The number of aliphatic hydroxyl groups is 8. The third-order valence-electron chi connectivity index (χ3n) is 21.1. The van der Waals surface area contributed by atoms with Crippen molar-refractivity contribution >= 4 is 5.91 Å². The molecule has 9 N–H and O–H groups in total. The van der Waals surface area contributed by atoms with Crippen molar-refractivity contribution in [3.05, 3.63) is 0 Å². The zero-order valence-electron chi connectivity index (χ0n) is 62.2. The van der Waals surface area contributed by atoms with Crippen molar-refractivity contribution in [2.75, 3.05) is 19.8 Å². The average molecular weight is 1360 g/mol. The van der Waals surface area contributed by atoms with E-state index in [1.54, 1.807) is 0 Å². The summed E-state index contributed by atoms with van der Waals surface area (Å²) in [6.07, 6.45) is 65.9. The van der Waals surface area contributed by atoms with Crippen LogP contribution in [0.15, 0.2) is 0 Å². The normalized spacial score (nSPS) is 22.2. The second kappa shape index (κ2) is 66.2. The Hall–Kier alpha value is -1.01. The van der Waals surface area contributed by atoms with Gasteiger partial charge in [0.05, 0.1) is 32.0 Å². The topological polar surface area (TPSA) is 228 Å². The molecule has 0 saturated carbocycles. The summed E-state index contributed by atoms with van der Waals surface area (Å²) in [5.74, 6) is -0.194. The van der Waals surface area contributed by atoms with Gasteiger partial charge in [0, 0.05) is 6.42 Å². The van der Waals surface area contributed by atoms with Crippen LogP contribution in [0.5, 0.6) is 0 Å². The Balaban J connectivity index is 1.59. The van der Waals surface area contributed by atoms with Gasteiger partial charge in [0.1, 0.15) is 48.8 Å². The maximum Gasteiger partial charge on any atom is 0.220 e. The number of hydrogen-bond donors (Lipinski definition) is 9. The second-order valence-electron chi connectivity index (χ2n) is 30.0. The second-order valence-corrected chi connectivity index (χ2v) is 30.0. The number of hydrogen-bond acceptors (Lipinski definition) is 13. The lowest BCUT2D eigenvalue weighted by Gasteiger charge is -2.46. The van der Waals surface area contributed by atoms with Gasteiger partial charge in [-0.1, -0.05) is 399 Å². The van der Waals surface area contributed by atoms with Gasteiger partial charge >= 0.3 is 0 Å². The minimum absolute atomic E-state index is 0.194. The van der Waals surface area contributed by atoms with E-state index in [0.29, 0.717) is 12.8 Å². The predicted molar refractivity (Wildman–Crippen MR) is 393 cm³/mol. The Bertz CT molecular complexity index is 1600.